The zero-order chi connectivity index (χ0) is 15.2. The summed E-state index contributed by atoms with van der Waals surface area (Å²) in [5.74, 6) is 0. The number of halogens is 6. The molecule has 2 aliphatic carbocycles. The summed E-state index contributed by atoms with van der Waals surface area (Å²) in [4.78, 5) is 0. The predicted octanol–water partition coefficient (Wildman–Crippen LogP) is 3.58. The van der Waals surface area contributed by atoms with Gasteiger partial charge < -0.3 is 9.84 Å². The largest absolute Gasteiger partial charge is 0.423 e. The highest BCUT2D eigenvalue weighted by Crippen LogP contribution is 2.54. The van der Waals surface area contributed by atoms with E-state index in [1.807, 2.05) is 0 Å². The van der Waals surface area contributed by atoms with Crippen LogP contribution in [-0.4, -0.2) is 35.8 Å². The Hall–Kier alpha value is -0.500. The summed E-state index contributed by atoms with van der Waals surface area (Å²) in [6.45, 7) is 0. The SMILES string of the molecule is OC1CC(OC(C(F)(F)F)C(F)(F)F)C12CCCCC2. The van der Waals surface area contributed by atoms with E-state index < -0.39 is 36.1 Å². The van der Waals surface area contributed by atoms with Crippen LogP contribution in [0, 0.1) is 5.41 Å². The Bertz CT molecular complexity index is 331. The lowest BCUT2D eigenvalue weighted by molar-refractivity contribution is -0.357. The monoisotopic (exact) mass is 306 g/mol. The molecule has 8 heteroatoms. The summed E-state index contributed by atoms with van der Waals surface area (Å²) in [6, 6.07) is 0. The average molecular weight is 306 g/mol. The van der Waals surface area contributed by atoms with Gasteiger partial charge in [0.05, 0.1) is 12.2 Å². The molecule has 0 heterocycles. The number of alkyl halides is 6. The Kier molecular flexibility index (Phi) is 4.01. The Morgan fingerprint density at radius 2 is 1.45 bits per heavy atom. The number of hydrogen-bond donors (Lipinski definition) is 1. The van der Waals surface area contributed by atoms with Gasteiger partial charge >= 0.3 is 12.4 Å². The molecule has 0 aromatic heterocycles. The molecule has 0 radical (unpaired) electrons. The molecule has 20 heavy (non-hydrogen) atoms. The quantitative estimate of drug-likeness (QED) is 0.790. The lowest BCUT2D eigenvalue weighted by Gasteiger charge is -2.56. The van der Waals surface area contributed by atoms with E-state index in [2.05, 4.69) is 4.74 Å². The minimum Gasteiger partial charge on any atom is -0.392 e. The van der Waals surface area contributed by atoms with E-state index in [0.717, 1.165) is 6.42 Å². The predicted molar refractivity (Wildman–Crippen MR) is 56.9 cm³/mol. The number of aliphatic hydroxyl groups excluding tert-OH is 1. The normalized spacial score (nSPS) is 30.6. The first kappa shape index (κ1) is 15.9. The van der Waals surface area contributed by atoms with Crippen molar-refractivity contribution in [3.05, 3.63) is 0 Å². The van der Waals surface area contributed by atoms with Crippen LogP contribution in [0.1, 0.15) is 38.5 Å². The van der Waals surface area contributed by atoms with E-state index in [-0.39, 0.29) is 6.42 Å². The van der Waals surface area contributed by atoms with Crippen LogP contribution in [0.4, 0.5) is 26.3 Å². The Morgan fingerprint density at radius 3 is 1.85 bits per heavy atom. The third kappa shape index (κ3) is 2.77. The van der Waals surface area contributed by atoms with Crippen molar-refractivity contribution < 1.29 is 36.2 Å². The molecule has 0 amide bonds. The number of ether oxygens (including phenoxy) is 1. The highest BCUT2D eigenvalue weighted by molar-refractivity contribution is 5.06. The van der Waals surface area contributed by atoms with E-state index >= 15 is 0 Å². The molecule has 2 rings (SSSR count). The molecule has 0 aromatic carbocycles. The van der Waals surface area contributed by atoms with Gasteiger partial charge in [-0.1, -0.05) is 19.3 Å². The van der Waals surface area contributed by atoms with E-state index in [0.29, 0.717) is 25.7 Å². The lowest BCUT2D eigenvalue weighted by Crippen LogP contribution is -2.62. The van der Waals surface area contributed by atoms with Crippen molar-refractivity contribution in [2.24, 2.45) is 5.41 Å². The Morgan fingerprint density at radius 1 is 0.950 bits per heavy atom. The molecule has 2 aliphatic rings. The third-order valence-corrected chi connectivity index (χ3v) is 4.42. The van der Waals surface area contributed by atoms with E-state index in [9.17, 15) is 31.4 Å². The number of hydrogen-bond acceptors (Lipinski definition) is 2. The second kappa shape index (κ2) is 5.05. The maximum atomic E-state index is 12.5. The van der Waals surface area contributed by atoms with E-state index in [4.69, 9.17) is 0 Å². The molecule has 0 bridgehead atoms. The summed E-state index contributed by atoms with van der Waals surface area (Å²) < 4.78 is 79.3. The zero-order valence-electron chi connectivity index (χ0n) is 10.6. The molecular formula is C12H16F6O2. The van der Waals surface area contributed by atoms with Crippen LogP contribution in [0.3, 0.4) is 0 Å². The molecule has 0 aliphatic heterocycles. The van der Waals surface area contributed by atoms with Gasteiger partial charge in [-0.15, -0.1) is 0 Å². The maximum absolute atomic E-state index is 12.5. The zero-order valence-corrected chi connectivity index (χ0v) is 10.6. The minimum absolute atomic E-state index is 0.164. The van der Waals surface area contributed by atoms with Crippen molar-refractivity contribution in [3.63, 3.8) is 0 Å². The standard InChI is InChI=1S/C12H16F6O2/c13-11(14,15)9(12(16,17)18)20-8-6-7(19)10(8)4-2-1-3-5-10/h7-9,19H,1-6H2. The van der Waals surface area contributed by atoms with Crippen molar-refractivity contribution in [1.82, 2.24) is 0 Å². The second-order valence-corrected chi connectivity index (χ2v) is 5.63. The topological polar surface area (TPSA) is 29.5 Å². The van der Waals surface area contributed by atoms with E-state index in [1.165, 1.54) is 0 Å². The maximum Gasteiger partial charge on any atom is 0.423 e. The fraction of sp³-hybridized carbons (Fsp3) is 1.00. The third-order valence-electron chi connectivity index (χ3n) is 4.42. The fourth-order valence-corrected chi connectivity index (χ4v) is 3.29. The Balaban J connectivity index is 2.11. The van der Waals surface area contributed by atoms with E-state index in [1.54, 1.807) is 0 Å². The van der Waals surface area contributed by atoms with Gasteiger partial charge in [-0.05, 0) is 12.8 Å². The summed E-state index contributed by atoms with van der Waals surface area (Å²) in [5, 5.41) is 9.77. The van der Waals surface area contributed by atoms with Gasteiger partial charge in [-0.2, -0.15) is 26.3 Å². The highest BCUT2D eigenvalue weighted by Gasteiger charge is 2.63. The summed E-state index contributed by atoms with van der Waals surface area (Å²) in [6.07, 6.45) is -13.9. The molecule has 118 valence electrons. The van der Waals surface area contributed by atoms with Crippen LogP contribution in [0.2, 0.25) is 0 Å². The van der Waals surface area contributed by atoms with Crippen LogP contribution in [0.5, 0.6) is 0 Å². The summed E-state index contributed by atoms with van der Waals surface area (Å²) in [5.41, 5.74) is -0.924. The fourth-order valence-electron chi connectivity index (χ4n) is 3.29. The van der Waals surface area contributed by atoms with Gasteiger partial charge in [0.25, 0.3) is 0 Å². The Labute approximate surface area is 112 Å². The first-order valence-corrected chi connectivity index (χ1v) is 6.54. The van der Waals surface area contributed by atoms with Gasteiger partial charge in [0.15, 0.2) is 0 Å². The molecule has 2 nitrogen and oxygen atoms in total. The summed E-state index contributed by atoms with van der Waals surface area (Å²) >= 11 is 0. The first-order chi connectivity index (χ1) is 9.07. The highest BCUT2D eigenvalue weighted by atomic mass is 19.4. The molecule has 1 N–H and O–H groups in total. The molecule has 2 saturated carbocycles. The van der Waals surface area contributed by atoms with Crippen molar-refractivity contribution in [1.29, 1.82) is 0 Å². The molecule has 2 atom stereocenters. The van der Waals surface area contributed by atoms with Crippen LogP contribution >= 0.6 is 0 Å². The van der Waals surface area contributed by atoms with Crippen LogP contribution in [0.25, 0.3) is 0 Å². The second-order valence-electron chi connectivity index (χ2n) is 5.63. The van der Waals surface area contributed by atoms with Gasteiger partial charge in [0, 0.05) is 11.8 Å². The van der Waals surface area contributed by atoms with Crippen molar-refractivity contribution >= 4 is 0 Å². The molecule has 2 fully saturated rings. The molecule has 0 saturated heterocycles. The van der Waals surface area contributed by atoms with Gasteiger partial charge in [-0.3, -0.25) is 0 Å². The molecule has 1 spiro atoms. The van der Waals surface area contributed by atoms with Gasteiger partial charge in [-0.25, -0.2) is 0 Å². The van der Waals surface area contributed by atoms with Crippen molar-refractivity contribution in [2.45, 2.75) is 69.2 Å². The lowest BCUT2D eigenvalue weighted by atomic mass is 9.56. The average Bonchev–Trinajstić information content (AvgIpc) is 2.32. The number of aliphatic hydroxyl groups is 1. The van der Waals surface area contributed by atoms with Gasteiger partial charge in [0.2, 0.25) is 6.10 Å². The first-order valence-electron chi connectivity index (χ1n) is 6.54. The molecular weight excluding hydrogens is 290 g/mol. The van der Waals surface area contributed by atoms with Crippen LogP contribution in [-0.2, 0) is 4.74 Å². The molecule has 0 aromatic rings. The number of rotatable bonds is 2. The van der Waals surface area contributed by atoms with Crippen molar-refractivity contribution in [2.75, 3.05) is 0 Å². The van der Waals surface area contributed by atoms with Crippen LogP contribution in [0.15, 0.2) is 0 Å². The van der Waals surface area contributed by atoms with Crippen molar-refractivity contribution in [3.8, 4) is 0 Å². The summed E-state index contributed by atoms with van der Waals surface area (Å²) in [7, 11) is 0. The molecule has 2 unspecified atom stereocenters. The minimum atomic E-state index is -5.49. The van der Waals surface area contributed by atoms with Gasteiger partial charge in [0.1, 0.15) is 0 Å². The smallest absolute Gasteiger partial charge is 0.392 e. The van der Waals surface area contributed by atoms with Crippen LogP contribution < -0.4 is 0 Å².